The summed E-state index contributed by atoms with van der Waals surface area (Å²) in [4.78, 5) is 66.1. The van der Waals surface area contributed by atoms with E-state index < -0.39 is 88.8 Å². The first-order valence-corrected chi connectivity index (χ1v) is 24.8. The average molecular weight is 941 g/mol. The first-order chi connectivity index (χ1) is 30.2. The quantitative estimate of drug-likeness (QED) is 0.0449. The van der Waals surface area contributed by atoms with Crippen LogP contribution in [0.2, 0.25) is 5.02 Å². The number of ether oxygens (including phenoxy) is 3. The number of nitrogens with one attached hydrogen (secondary N) is 1. The van der Waals surface area contributed by atoms with Gasteiger partial charge in [0.1, 0.15) is 41.0 Å². The van der Waals surface area contributed by atoms with E-state index in [1.54, 1.807) is 25.3 Å². The molecule has 3 aliphatic rings. The standard InChI is InChI=1S/C47H56ClF2N4O8PS/c1-8-28-21-47(28,63(58,59)24-27-15-34(48)36(50)19-35(27)49)22-41(55)40-17-31(23-54(40)44(57)33(46(4,5)6)18-43(56)62-29-11-9-10-12-29)61-42-20-38(39-25-64-45(53-39)51-26(2)3)52-37-16-30(60-7)13-14-32(37)42/h8,13-16,19-20,25-26,28-29,31,33,40H,1,9-12,17-18,21-24H2,2-7H3,(H,51,53)(H,58,59)/t28-,31-,33-,40+,47-/m1/s1. The molecule has 17 heteroatoms. The monoisotopic (exact) mass is 940 g/mol. The van der Waals surface area contributed by atoms with E-state index in [1.165, 1.54) is 22.3 Å². The first kappa shape index (κ1) is 47.5. The smallest absolute Gasteiger partial charge is 0.306 e. The molecule has 2 saturated carbocycles. The van der Waals surface area contributed by atoms with Crippen LogP contribution in [0.25, 0.3) is 22.3 Å². The number of allylic oxidation sites excluding steroid dienone is 1. The van der Waals surface area contributed by atoms with Crippen LogP contribution in [0.1, 0.15) is 91.5 Å². The predicted molar refractivity (Wildman–Crippen MR) is 244 cm³/mol. The van der Waals surface area contributed by atoms with Gasteiger partial charge in [-0.05, 0) is 81.0 Å². The molecule has 64 heavy (non-hydrogen) atoms. The number of nitrogens with zero attached hydrogens (tertiary/aromatic N) is 3. The minimum absolute atomic E-state index is 0.0230. The highest BCUT2D eigenvalue weighted by atomic mass is 35.5. The number of halogens is 3. The van der Waals surface area contributed by atoms with Crippen molar-refractivity contribution in [1.29, 1.82) is 0 Å². The van der Waals surface area contributed by atoms with Gasteiger partial charge in [0.2, 0.25) is 13.3 Å². The average Bonchev–Trinajstić information content (AvgIpc) is 3.62. The number of Topliss-reactive ketones (excluding diaryl/α,β-unsaturated/α-hetero) is 1. The Morgan fingerprint density at radius 2 is 1.83 bits per heavy atom. The molecule has 4 aromatic rings. The number of anilines is 1. The zero-order valence-electron chi connectivity index (χ0n) is 37.0. The lowest BCUT2D eigenvalue weighted by Gasteiger charge is -2.35. The highest BCUT2D eigenvalue weighted by Gasteiger charge is 2.65. The second-order valence-electron chi connectivity index (χ2n) is 18.7. The van der Waals surface area contributed by atoms with Gasteiger partial charge in [0.25, 0.3) is 0 Å². The number of amides is 1. The number of rotatable bonds is 17. The van der Waals surface area contributed by atoms with Gasteiger partial charge in [-0.25, -0.2) is 18.7 Å². The van der Waals surface area contributed by atoms with Crippen LogP contribution in [0.4, 0.5) is 13.9 Å². The topological polar surface area (TPSA) is 157 Å². The van der Waals surface area contributed by atoms with E-state index in [-0.39, 0.29) is 43.5 Å². The molecule has 3 heterocycles. The fourth-order valence-electron chi connectivity index (χ4n) is 9.06. The molecule has 12 nitrogen and oxygen atoms in total. The Labute approximate surface area is 381 Å². The van der Waals surface area contributed by atoms with Crippen LogP contribution < -0.4 is 14.8 Å². The number of thiazole rings is 1. The predicted octanol–water partition coefficient (Wildman–Crippen LogP) is 10.4. The van der Waals surface area contributed by atoms with Crippen molar-refractivity contribution in [2.75, 3.05) is 19.0 Å². The summed E-state index contributed by atoms with van der Waals surface area (Å²) in [7, 11) is -2.88. The summed E-state index contributed by atoms with van der Waals surface area (Å²) >= 11 is 7.38. The number of aromatic nitrogens is 2. The van der Waals surface area contributed by atoms with Crippen LogP contribution in [0.3, 0.4) is 0 Å². The lowest BCUT2D eigenvalue weighted by atomic mass is 9.77. The summed E-state index contributed by atoms with van der Waals surface area (Å²) in [6.45, 7) is 13.4. The molecule has 0 bridgehead atoms. The van der Waals surface area contributed by atoms with Crippen molar-refractivity contribution in [3.8, 4) is 22.9 Å². The van der Waals surface area contributed by atoms with Gasteiger partial charge in [0.15, 0.2) is 10.9 Å². The molecule has 2 aliphatic carbocycles. The maximum Gasteiger partial charge on any atom is 0.306 e. The van der Waals surface area contributed by atoms with E-state index in [2.05, 4.69) is 11.9 Å². The highest BCUT2D eigenvalue weighted by Crippen LogP contribution is 2.74. The van der Waals surface area contributed by atoms with E-state index in [0.717, 1.165) is 36.9 Å². The molecular weight excluding hydrogens is 885 g/mol. The molecule has 0 radical (unpaired) electrons. The number of carbonyl (C=O) groups excluding carboxylic acids is 3. The Balaban J connectivity index is 1.23. The second kappa shape index (κ2) is 18.8. The number of pyridine rings is 1. The van der Waals surface area contributed by atoms with Gasteiger partial charge in [0, 0.05) is 47.8 Å². The van der Waals surface area contributed by atoms with Crippen LogP contribution in [0.5, 0.6) is 11.5 Å². The Bertz CT molecular complexity index is 2490. The van der Waals surface area contributed by atoms with Gasteiger partial charge in [-0.1, -0.05) is 38.4 Å². The summed E-state index contributed by atoms with van der Waals surface area (Å²) in [5, 5.41) is 4.65. The molecule has 3 fully saturated rings. The molecule has 6 atom stereocenters. The van der Waals surface area contributed by atoms with Gasteiger partial charge in [0.05, 0.1) is 59.6 Å². The van der Waals surface area contributed by atoms with E-state index in [4.69, 9.17) is 35.8 Å². The Morgan fingerprint density at radius 1 is 1.09 bits per heavy atom. The van der Waals surface area contributed by atoms with E-state index >= 15 is 0 Å². The van der Waals surface area contributed by atoms with E-state index in [9.17, 15) is 32.6 Å². The number of likely N-dealkylation sites (tertiary alicyclic amines) is 1. The number of methoxy groups -OCH3 is 1. The SMILES string of the molecule is C=C[C@@H]1C[C@]1(CC(=O)[C@@H]1C[C@@H](Oc2cc(-c3csc(NC(C)C)n3)nc3cc(OC)ccc23)CN1C(=O)[C@@H](CC(=O)OC1CCCC1)C(C)(C)C)P(=O)(O)Cc1cc(Cl)c(F)cc1F. The minimum atomic E-state index is -4.44. The third kappa shape index (κ3) is 10.2. The van der Waals surface area contributed by atoms with E-state index in [0.29, 0.717) is 39.9 Å². The molecule has 2 aromatic heterocycles. The largest absolute Gasteiger partial charge is 0.497 e. The number of ketones is 1. The third-order valence-corrected chi connectivity index (χ3v) is 16.6. The van der Waals surface area contributed by atoms with Crippen molar-refractivity contribution in [2.45, 2.75) is 122 Å². The van der Waals surface area contributed by atoms with Gasteiger partial charge < -0.3 is 29.3 Å². The molecular formula is C47H56ClF2N4O8PS. The number of benzene rings is 2. The van der Waals surface area contributed by atoms with Gasteiger partial charge in [-0.2, -0.15) is 0 Å². The molecule has 344 valence electrons. The van der Waals surface area contributed by atoms with Gasteiger partial charge >= 0.3 is 5.97 Å². The Morgan fingerprint density at radius 3 is 2.48 bits per heavy atom. The van der Waals surface area contributed by atoms with Crippen molar-refractivity contribution in [3.63, 3.8) is 0 Å². The van der Waals surface area contributed by atoms with Gasteiger partial charge in [-0.15, -0.1) is 17.9 Å². The molecule has 1 unspecified atom stereocenters. The van der Waals surface area contributed by atoms with E-state index in [1.807, 2.05) is 46.1 Å². The number of hydrogen-bond donors (Lipinski definition) is 2. The highest BCUT2D eigenvalue weighted by molar-refractivity contribution is 7.59. The van der Waals surface area contributed by atoms with Crippen molar-refractivity contribution < 1.29 is 46.8 Å². The van der Waals surface area contributed by atoms with Crippen molar-refractivity contribution >= 4 is 64.0 Å². The molecule has 1 aliphatic heterocycles. The molecule has 1 saturated heterocycles. The first-order valence-electron chi connectivity index (χ1n) is 21.7. The van der Waals surface area contributed by atoms with Crippen molar-refractivity contribution in [2.24, 2.45) is 17.3 Å². The van der Waals surface area contributed by atoms with Crippen molar-refractivity contribution in [3.05, 3.63) is 76.7 Å². The van der Waals surface area contributed by atoms with Crippen LogP contribution in [0, 0.1) is 28.9 Å². The third-order valence-electron chi connectivity index (χ3n) is 12.7. The number of hydrogen-bond acceptors (Lipinski definition) is 11. The summed E-state index contributed by atoms with van der Waals surface area (Å²) < 4.78 is 61.6. The molecule has 0 spiro atoms. The summed E-state index contributed by atoms with van der Waals surface area (Å²) in [5.41, 5.74) is 0.708. The number of carbonyl (C=O) groups is 3. The van der Waals surface area contributed by atoms with Crippen LogP contribution in [-0.2, 0) is 29.8 Å². The molecule has 2 aromatic carbocycles. The molecule has 7 rings (SSSR count). The van der Waals surface area contributed by atoms with Crippen LogP contribution in [0.15, 0.2) is 54.4 Å². The maximum absolute atomic E-state index is 15.0. The van der Waals surface area contributed by atoms with Crippen LogP contribution >= 0.6 is 30.3 Å². The lowest BCUT2D eigenvalue weighted by molar-refractivity contribution is -0.156. The fraction of sp³-hybridized carbons (Fsp3) is 0.511. The van der Waals surface area contributed by atoms with Crippen molar-refractivity contribution in [1.82, 2.24) is 14.9 Å². The number of esters is 1. The zero-order valence-corrected chi connectivity index (χ0v) is 39.5. The Kier molecular flexibility index (Phi) is 14.0. The summed E-state index contributed by atoms with van der Waals surface area (Å²) in [6.07, 6.45) is 2.81. The second-order valence-corrected chi connectivity index (χ2v) is 22.6. The van der Waals surface area contributed by atoms with Gasteiger partial charge in [-0.3, -0.25) is 18.9 Å². The molecule has 1 amide bonds. The summed E-state index contributed by atoms with van der Waals surface area (Å²) in [5.74, 6) is -3.93. The number of fused-ring (bicyclic) bond motifs is 1. The molecule has 2 N–H and O–H groups in total. The lowest BCUT2D eigenvalue weighted by Crippen LogP contribution is -2.48. The maximum atomic E-state index is 15.0. The normalized spacial score (nSPS) is 22.6. The minimum Gasteiger partial charge on any atom is -0.497 e. The fourth-order valence-corrected chi connectivity index (χ4v) is 12.6. The summed E-state index contributed by atoms with van der Waals surface area (Å²) in [6, 6.07) is 7.75. The zero-order chi connectivity index (χ0) is 46.3. The Hall–Kier alpha value is -4.43. The van der Waals surface area contributed by atoms with Crippen LogP contribution in [-0.4, -0.2) is 80.5 Å².